The molecule has 0 spiro atoms. The molecular weight excluding hydrogens is 250 g/mol. The van der Waals surface area contributed by atoms with Gasteiger partial charge in [0.15, 0.2) is 0 Å². The first-order valence-electron chi connectivity index (χ1n) is 6.53. The summed E-state index contributed by atoms with van der Waals surface area (Å²) in [4.78, 5) is 0. The molecule has 1 fully saturated rings. The molecule has 102 valence electrons. The van der Waals surface area contributed by atoms with E-state index >= 15 is 0 Å². The summed E-state index contributed by atoms with van der Waals surface area (Å²) < 4.78 is 7.89. The molecule has 0 aromatic rings. The van der Waals surface area contributed by atoms with Crippen LogP contribution in [0.2, 0.25) is 0 Å². The van der Waals surface area contributed by atoms with Crippen molar-refractivity contribution in [3.63, 3.8) is 0 Å². The monoisotopic (exact) mass is 277 g/mol. The van der Waals surface area contributed by atoms with Crippen LogP contribution in [0.25, 0.3) is 0 Å². The third-order valence-electron chi connectivity index (χ3n) is 3.79. The van der Waals surface area contributed by atoms with Gasteiger partial charge in [0, 0.05) is 5.54 Å². The Kier molecular flexibility index (Phi) is 5.28. The van der Waals surface area contributed by atoms with Gasteiger partial charge in [-0.15, -0.1) is 0 Å². The number of rotatable bonds is 3. The maximum absolute atomic E-state index is 6.06. The topological polar surface area (TPSA) is 12.5 Å². The summed E-state index contributed by atoms with van der Waals surface area (Å²) in [7, 11) is 0. The van der Waals surface area contributed by atoms with Crippen molar-refractivity contribution in [2.75, 3.05) is 0 Å². The summed E-state index contributed by atoms with van der Waals surface area (Å²) in [6.07, 6.45) is 4.82. The molecule has 0 aliphatic heterocycles. The van der Waals surface area contributed by atoms with Crippen molar-refractivity contribution < 1.29 is 4.74 Å². The van der Waals surface area contributed by atoms with E-state index in [0.29, 0.717) is 12.0 Å². The fourth-order valence-corrected chi connectivity index (χ4v) is 3.58. The first-order chi connectivity index (χ1) is 7.67. The van der Waals surface area contributed by atoms with Crippen LogP contribution >= 0.6 is 25.6 Å². The van der Waals surface area contributed by atoms with E-state index in [-0.39, 0.29) is 11.1 Å². The highest BCUT2D eigenvalue weighted by Gasteiger charge is 2.41. The van der Waals surface area contributed by atoms with Crippen LogP contribution in [0.3, 0.4) is 0 Å². The maximum Gasteiger partial charge on any atom is 0.0602 e. The Hall–Kier alpha value is 0.620. The molecule has 0 bridgehead atoms. The third-order valence-corrected chi connectivity index (χ3v) is 4.59. The molecule has 4 heteroatoms. The van der Waals surface area contributed by atoms with E-state index in [1.165, 1.54) is 0 Å². The molecule has 0 amide bonds. The van der Waals surface area contributed by atoms with Crippen molar-refractivity contribution in [1.82, 2.24) is 3.71 Å². The maximum atomic E-state index is 6.06. The van der Waals surface area contributed by atoms with Crippen LogP contribution in [0.4, 0.5) is 0 Å². The summed E-state index contributed by atoms with van der Waals surface area (Å²) in [5, 5.41) is 0. The highest BCUT2D eigenvalue weighted by atomic mass is 32.2. The molecule has 0 N–H and O–H groups in total. The molecule has 0 aromatic carbocycles. The van der Waals surface area contributed by atoms with E-state index in [9.17, 15) is 0 Å². The average Bonchev–Trinajstić information content (AvgIpc) is 2.15. The molecule has 1 rings (SSSR count). The lowest BCUT2D eigenvalue weighted by Crippen LogP contribution is -2.48. The smallest absolute Gasteiger partial charge is 0.0602 e. The second kappa shape index (κ2) is 5.72. The molecule has 0 saturated heterocycles. The molecule has 17 heavy (non-hydrogen) atoms. The van der Waals surface area contributed by atoms with Crippen LogP contribution in [0.5, 0.6) is 0 Å². The first kappa shape index (κ1) is 15.7. The van der Waals surface area contributed by atoms with Gasteiger partial charge < -0.3 is 4.74 Å². The van der Waals surface area contributed by atoms with Gasteiger partial charge in [-0.05, 0) is 52.4 Å². The van der Waals surface area contributed by atoms with Gasteiger partial charge in [0.25, 0.3) is 0 Å². The minimum Gasteiger partial charge on any atom is -0.373 e. The number of ether oxygens (including phenoxy) is 1. The van der Waals surface area contributed by atoms with E-state index in [2.05, 4.69) is 60.2 Å². The second-order valence-corrected chi connectivity index (χ2v) is 7.59. The van der Waals surface area contributed by atoms with Crippen LogP contribution in [-0.4, -0.2) is 21.0 Å². The highest BCUT2D eigenvalue weighted by Crippen LogP contribution is 2.42. The number of hydrogen-bond acceptors (Lipinski definition) is 4. The second-order valence-electron chi connectivity index (χ2n) is 6.48. The van der Waals surface area contributed by atoms with Crippen LogP contribution in [0.1, 0.15) is 60.3 Å². The predicted molar refractivity (Wildman–Crippen MR) is 80.5 cm³/mol. The molecule has 0 unspecified atom stereocenters. The number of hydrogen-bond donors (Lipinski definition) is 2. The summed E-state index contributed by atoms with van der Waals surface area (Å²) in [5.41, 5.74) is 0.0775. The van der Waals surface area contributed by atoms with Crippen LogP contribution in [-0.2, 0) is 4.74 Å². The van der Waals surface area contributed by atoms with Crippen molar-refractivity contribution in [3.05, 3.63) is 0 Å². The highest BCUT2D eigenvalue weighted by molar-refractivity contribution is 7.93. The van der Waals surface area contributed by atoms with Gasteiger partial charge in [0.2, 0.25) is 0 Å². The van der Waals surface area contributed by atoms with Gasteiger partial charge >= 0.3 is 0 Å². The van der Waals surface area contributed by atoms with Gasteiger partial charge in [0.05, 0.1) is 11.7 Å². The van der Waals surface area contributed by atoms with Crippen molar-refractivity contribution in [2.45, 2.75) is 77.5 Å². The molecule has 0 radical (unpaired) electrons. The fraction of sp³-hybridized carbons (Fsp3) is 1.00. The van der Waals surface area contributed by atoms with E-state index in [1.807, 2.05) is 3.71 Å². The average molecular weight is 277 g/mol. The van der Waals surface area contributed by atoms with Crippen molar-refractivity contribution in [3.8, 4) is 0 Å². The molecule has 0 atom stereocenters. The summed E-state index contributed by atoms with van der Waals surface area (Å²) in [6.45, 7) is 10.9. The Morgan fingerprint density at radius 1 is 1.18 bits per heavy atom. The SMILES string of the molecule is CC(C)C1(N(S)S)CCC(OC(C)(C)C)CC1. The molecule has 1 aliphatic carbocycles. The molecule has 2 nitrogen and oxygen atoms in total. The zero-order valence-electron chi connectivity index (χ0n) is 11.7. The van der Waals surface area contributed by atoms with Gasteiger partial charge in [-0.25, -0.2) is 0 Å². The van der Waals surface area contributed by atoms with Gasteiger partial charge in [-0.1, -0.05) is 39.5 Å². The van der Waals surface area contributed by atoms with Gasteiger partial charge in [-0.3, -0.25) is 0 Å². The minimum atomic E-state index is -0.0376. The molecule has 1 aliphatic rings. The molecule has 0 heterocycles. The van der Waals surface area contributed by atoms with Crippen LogP contribution < -0.4 is 0 Å². The molecule has 0 aromatic heterocycles. The van der Waals surface area contributed by atoms with Crippen LogP contribution in [0, 0.1) is 5.92 Å². The summed E-state index contributed by atoms with van der Waals surface area (Å²) in [6, 6.07) is 0. The van der Waals surface area contributed by atoms with E-state index in [1.54, 1.807) is 0 Å². The normalized spacial score (nSPS) is 31.2. The van der Waals surface area contributed by atoms with Crippen LogP contribution in [0.15, 0.2) is 0 Å². The number of nitrogens with zero attached hydrogens (tertiary/aromatic N) is 1. The zero-order chi connectivity index (χ0) is 13.3. The Morgan fingerprint density at radius 2 is 1.65 bits per heavy atom. The van der Waals surface area contributed by atoms with Gasteiger partial charge in [0.1, 0.15) is 0 Å². The third kappa shape index (κ3) is 4.05. The number of thiol groups is 2. The lowest BCUT2D eigenvalue weighted by molar-refractivity contribution is -0.0874. The van der Waals surface area contributed by atoms with Crippen molar-refractivity contribution in [1.29, 1.82) is 0 Å². The zero-order valence-corrected chi connectivity index (χ0v) is 13.5. The Labute approximate surface area is 118 Å². The lowest BCUT2D eigenvalue weighted by Gasteiger charge is -2.47. The standard InChI is InChI=1S/C13H27NOS2/c1-10(2)13(14(16)17)8-6-11(7-9-13)15-12(3,4)5/h10-11,16-17H,6-9H2,1-5H3. The Balaban J connectivity index is 2.59. The van der Waals surface area contributed by atoms with E-state index < -0.39 is 0 Å². The van der Waals surface area contributed by atoms with Crippen molar-refractivity contribution >= 4 is 25.6 Å². The Morgan fingerprint density at radius 3 is 1.94 bits per heavy atom. The quantitative estimate of drug-likeness (QED) is 0.753. The minimum absolute atomic E-state index is 0.0376. The van der Waals surface area contributed by atoms with Crippen molar-refractivity contribution in [2.24, 2.45) is 5.92 Å². The fourth-order valence-electron chi connectivity index (χ4n) is 2.72. The lowest BCUT2D eigenvalue weighted by atomic mass is 9.74. The largest absolute Gasteiger partial charge is 0.373 e. The van der Waals surface area contributed by atoms with E-state index in [4.69, 9.17) is 4.74 Å². The van der Waals surface area contributed by atoms with Gasteiger partial charge in [-0.2, -0.15) is 3.71 Å². The summed E-state index contributed by atoms with van der Waals surface area (Å²) in [5.74, 6) is 0.563. The summed E-state index contributed by atoms with van der Waals surface area (Å²) >= 11 is 8.88. The molecule has 1 saturated carbocycles. The van der Waals surface area contributed by atoms with E-state index in [0.717, 1.165) is 25.7 Å². The Bertz CT molecular complexity index is 230. The first-order valence-corrected chi connectivity index (χ1v) is 7.33. The predicted octanol–water partition coefficient (Wildman–Crippen LogP) is 4.13. The molecular formula is C13H27NOS2.